The highest BCUT2D eigenvalue weighted by molar-refractivity contribution is 5.43. The van der Waals surface area contributed by atoms with Crippen LogP contribution in [0.15, 0.2) is 41.5 Å². The first-order valence-electron chi connectivity index (χ1n) is 7.56. The van der Waals surface area contributed by atoms with Crippen LogP contribution in [0.3, 0.4) is 0 Å². The van der Waals surface area contributed by atoms with E-state index >= 15 is 0 Å². The van der Waals surface area contributed by atoms with Crippen LogP contribution in [-0.2, 0) is 10.3 Å². The third kappa shape index (κ3) is 2.03. The molecule has 1 aromatic carbocycles. The van der Waals surface area contributed by atoms with Crippen LogP contribution in [0.4, 0.5) is 0 Å². The van der Waals surface area contributed by atoms with E-state index in [9.17, 15) is 4.79 Å². The molecule has 4 rings (SSSR count). The lowest BCUT2D eigenvalue weighted by Crippen LogP contribution is -2.31. The molecule has 0 bridgehead atoms. The molecule has 0 amide bonds. The molecule has 2 saturated carbocycles. The number of rotatable bonds is 4. The molecule has 0 saturated heterocycles. The quantitative estimate of drug-likeness (QED) is 0.635. The van der Waals surface area contributed by atoms with Crippen LogP contribution in [0.5, 0.6) is 0 Å². The summed E-state index contributed by atoms with van der Waals surface area (Å²) in [6.07, 6.45) is 9.14. The molecule has 1 heterocycles. The topological polar surface area (TPSA) is 47.2 Å². The highest BCUT2D eigenvalue weighted by atomic mass is 16.1. The zero-order chi connectivity index (χ0) is 14.3. The molecule has 2 aliphatic carbocycles. The van der Waals surface area contributed by atoms with Gasteiger partial charge in [0, 0.05) is 17.8 Å². The average molecular weight is 279 g/mol. The van der Waals surface area contributed by atoms with Crippen LogP contribution in [0.25, 0.3) is 5.69 Å². The molecule has 21 heavy (non-hydrogen) atoms. The number of hydrogen-bond acceptors (Lipinski definition) is 3. The summed E-state index contributed by atoms with van der Waals surface area (Å²) in [4.78, 5) is 14.7. The first-order chi connectivity index (χ1) is 10.3. The van der Waals surface area contributed by atoms with Gasteiger partial charge in [-0.25, -0.2) is 9.48 Å². The standard InChI is InChI=1S/C17H17N3O/c21-12-18-17(9-1-10-17)14-4-6-15(7-5-14)20-16(8-11-19-20)13-2-3-13/h4-8,11,13H,1-3,9-10H2. The first kappa shape index (κ1) is 12.5. The lowest BCUT2D eigenvalue weighted by molar-refractivity contribution is 0.256. The molecular formula is C17H17N3O. The van der Waals surface area contributed by atoms with E-state index in [0.717, 1.165) is 30.5 Å². The second-order valence-electron chi connectivity index (χ2n) is 6.08. The predicted octanol–water partition coefficient (Wildman–Crippen LogP) is 3.46. The molecule has 0 atom stereocenters. The minimum absolute atomic E-state index is 0.316. The molecule has 4 heteroatoms. The summed E-state index contributed by atoms with van der Waals surface area (Å²) in [5.74, 6) is 0.671. The molecule has 2 fully saturated rings. The van der Waals surface area contributed by atoms with Gasteiger partial charge >= 0.3 is 0 Å². The lowest BCUT2D eigenvalue weighted by atomic mass is 9.72. The number of nitrogens with zero attached hydrogens (tertiary/aromatic N) is 3. The molecule has 106 valence electrons. The largest absolute Gasteiger partial charge is 0.238 e. The summed E-state index contributed by atoms with van der Waals surface area (Å²) in [5.41, 5.74) is 3.17. The van der Waals surface area contributed by atoms with Gasteiger partial charge in [0.05, 0.1) is 11.2 Å². The van der Waals surface area contributed by atoms with Crippen molar-refractivity contribution in [2.45, 2.75) is 43.6 Å². The van der Waals surface area contributed by atoms with Crippen molar-refractivity contribution in [1.82, 2.24) is 9.78 Å². The molecule has 0 unspecified atom stereocenters. The summed E-state index contributed by atoms with van der Waals surface area (Å²) in [6, 6.07) is 10.4. The van der Waals surface area contributed by atoms with Crippen LogP contribution in [-0.4, -0.2) is 15.9 Å². The second kappa shape index (κ2) is 4.68. The summed E-state index contributed by atoms with van der Waals surface area (Å²) in [6.45, 7) is 0. The van der Waals surface area contributed by atoms with Crippen molar-refractivity contribution < 1.29 is 4.79 Å². The third-order valence-corrected chi connectivity index (χ3v) is 4.76. The van der Waals surface area contributed by atoms with Gasteiger partial charge in [-0.1, -0.05) is 12.1 Å². The van der Waals surface area contributed by atoms with Gasteiger partial charge in [0.25, 0.3) is 0 Å². The summed E-state index contributed by atoms with van der Waals surface area (Å²) in [7, 11) is 0. The maximum absolute atomic E-state index is 10.7. The SMILES string of the molecule is O=C=NC1(c2ccc(-n3nccc3C3CC3)cc2)CCC1. The summed E-state index contributed by atoms with van der Waals surface area (Å²) >= 11 is 0. The van der Waals surface area contributed by atoms with Gasteiger partial charge in [0.15, 0.2) is 0 Å². The number of benzene rings is 1. The van der Waals surface area contributed by atoms with Crippen molar-refractivity contribution in [3.05, 3.63) is 47.8 Å². The lowest BCUT2D eigenvalue weighted by Gasteiger charge is -2.37. The van der Waals surface area contributed by atoms with Crippen molar-refractivity contribution in [3.8, 4) is 5.69 Å². The van der Waals surface area contributed by atoms with E-state index in [1.807, 2.05) is 10.9 Å². The predicted molar refractivity (Wildman–Crippen MR) is 79.2 cm³/mol. The first-order valence-corrected chi connectivity index (χ1v) is 7.56. The molecule has 1 aromatic heterocycles. The van der Waals surface area contributed by atoms with E-state index in [2.05, 4.69) is 40.4 Å². The minimum Gasteiger partial charge on any atom is -0.238 e. The monoisotopic (exact) mass is 279 g/mol. The van der Waals surface area contributed by atoms with Gasteiger partial charge in [-0.2, -0.15) is 10.1 Å². The van der Waals surface area contributed by atoms with Crippen molar-refractivity contribution >= 4 is 6.08 Å². The molecule has 4 nitrogen and oxygen atoms in total. The Hall–Kier alpha value is -2.19. The van der Waals surface area contributed by atoms with Crippen molar-refractivity contribution in [3.63, 3.8) is 0 Å². The van der Waals surface area contributed by atoms with Gasteiger partial charge in [0.1, 0.15) is 0 Å². The van der Waals surface area contributed by atoms with Gasteiger partial charge in [-0.05, 0) is 55.9 Å². The maximum Gasteiger partial charge on any atom is 0.235 e. The van der Waals surface area contributed by atoms with E-state index in [4.69, 9.17) is 0 Å². The normalized spacial score (nSPS) is 19.6. The fraction of sp³-hybridized carbons (Fsp3) is 0.412. The van der Waals surface area contributed by atoms with E-state index in [0.29, 0.717) is 5.92 Å². The van der Waals surface area contributed by atoms with Crippen LogP contribution >= 0.6 is 0 Å². The third-order valence-electron chi connectivity index (χ3n) is 4.76. The van der Waals surface area contributed by atoms with Gasteiger partial charge in [-0.3, -0.25) is 0 Å². The van der Waals surface area contributed by atoms with E-state index in [-0.39, 0.29) is 5.54 Å². The number of carbonyl (C=O) groups excluding carboxylic acids is 1. The fourth-order valence-corrected chi connectivity index (χ4v) is 3.19. The number of hydrogen-bond donors (Lipinski definition) is 0. The maximum atomic E-state index is 10.7. The number of isocyanates is 1. The minimum atomic E-state index is -0.316. The van der Waals surface area contributed by atoms with Crippen molar-refractivity contribution in [2.24, 2.45) is 4.99 Å². The zero-order valence-corrected chi connectivity index (χ0v) is 11.8. The van der Waals surface area contributed by atoms with Gasteiger partial charge in [-0.15, -0.1) is 0 Å². The Morgan fingerprint density at radius 2 is 1.95 bits per heavy atom. The fourth-order valence-electron chi connectivity index (χ4n) is 3.19. The van der Waals surface area contributed by atoms with E-state index in [1.54, 1.807) is 6.08 Å². The van der Waals surface area contributed by atoms with Gasteiger partial charge in [0.2, 0.25) is 6.08 Å². The van der Waals surface area contributed by atoms with E-state index in [1.165, 1.54) is 18.5 Å². The second-order valence-corrected chi connectivity index (χ2v) is 6.08. The average Bonchev–Trinajstić information content (AvgIpc) is 3.20. The number of aliphatic imine (C=N–C) groups is 1. The molecule has 2 aliphatic rings. The number of aromatic nitrogens is 2. The molecule has 2 aromatic rings. The Bertz CT molecular complexity index is 702. The Balaban J connectivity index is 1.67. The van der Waals surface area contributed by atoms with E-state index < -0.39 is 0 Å². The Morgan fingerprint density at radius 1 is 1.19 bits per heavy atom. The Kier molecular flexibility index (Phi) is 2.79. The molecule has 0 spiro atoms. The molecular weight excluding hydrogens is 262 g/mol. The van der Waals surface area contributed by atoms with Crippen LogP contribution < -0.4 is 0 Å². The Labute approximate surface area is 123 Å². The van der Waals surface area contributed by atoms with Crippen molar-refractivity contribution in [1.29, 1.82) is 0 Å². The molecule has 0 N–H and O–H groups in total. The summed E-state index contributed by atoms with van der Waals surface area (Å²) in [5, 5.41) is 4.44. The van der Waals surface area contributed by atoms with Crippen LogP contribution in [0, 0.1) is 0 Å². The van der Waals surface area contributed by atoms with Crippen molar-refractivity contribution in [2.75, 3.05) is 0 Å². The van der Waals surface area contributed by atoms with Gasteiger partial charge < -0.3 is 0 Å². The smallest absolute Gasteiger partial charge is 0.235 e. The molecule has 0 radical (unpaired) electrons. The summed E-state index contributed by atoms with van der Waals surface area (Å²) < 4.78 is 2.03. The van der Waals surface area contributed by atoms with Crippen LogP contribution in [0.1, 0.15) is 49.3 Å². The molecule has 0 aliphatic heterocycles. The highest BCUT2D eigenvalue weighted by Crippen LogP contribution is 2.45. The van der Waals surface area contributed by atoms with Crippen LogP contribution in [0.2, 0.25) is 0 Å². The zero-order valence-electron chi connectivity index (χ0n) is 11.8. The highest BCUT2D eigenvalue weighted by Gasteiger charge is 2.38. The Morgan fingerprint density at radius 3 is 2.52 bits per heavy atom.